The normalized spacial score (nSPS) is 18.2. The summed E-state index contributed by atoms with van der Waals surface area (Å²) in [6, 6.07) is 25.0. The van der Waals surface area contributed by atoms with Crippen molar-refractivity contribution < 1.29 is 28.8 Å². The fourth-order valence-electron chi connectivity index (χ4n) is 5.55. The third-order valence-electron chi connectivity index (χ3n) is 7.94. The fourth-order valence-corrected chi connectivity index (χ4v) is 5.55. The molecule has 2 N–H and O–H groups in total. The molecule has 3 atom stereocenters. The molecule has 0 unspecified atom stereocenters. The Labute approximate surface area is 254 Å². The van der Waals surface area contributed by atoms with Crippen molar-refractivity contribution in [2.75, 3.05) is 20.8 Å². The second kappa shape index (κ2) is 13.4. The molecular formula is C34H36N2O8. The van der Waals surface area contributed by atoms with Crippen LogP contribution in [0.1, 0.15) is 48.2 Å². The summed E-state index contributed by atoms with van der Waals surface area (Å²) in [5.41, 5.74) is 0.478. The number of nitrogens with one attached hydrogen (secondary N) is 1. The quantitative estimate of drug-likeness (QED) is 0.236. The number of nitrogens with zero attached hydrogens (tertiary/aromatic N) is 1. The summed E-state index contributed by atoms with van der Waals surface area (Å²) in [7, 11) is 3.21. The first-order chi connectivity index (χ1) is 21.2. The second-order valence-electron chi connectivity index (χ2n) is 10.8. The third-order valence-corrected chi connectivity index (χ3v) is 7.94. The van der Waals surface area contributed by atoms with E-state index in [9.17, 15) is 19.5 Å². The molecule has 230 valence electrons. The molecule has 2 heterocycles. The Morgan fingerprint density at radius 2 is 1.50 bits per heavy atom. The van der Waals surface area contributed by atoms with Crippen LogP contribution in [-0.4, -0.2) is 53.5 Å². The van der Waals surface area contributed by atoms with Crippen LogP contribution in [0, 0.1) is 0 Å². The number of aliphatic hydroxyl groups is 1. The van der Waals surface area contributed by atoms with Gasteiger partial charge in [-0.05, 0) is 54.3 Å². The van der Waals surface area contributed by atoms with Gasteiger partial charge in [-0.15, -0.1) is 0 Å². The molecule has 10 nitrogen and oxygen atoms in total. The van der Waals surface area contributed by atoms with Crippen LogP contribution in [0.3, 0.4) is 0 Å². The highest BCUT2D eigenvalue weighted by Crippen LogP contribution is 2.42. The van der Waals surface area contributed by atoms with Gasteiger partial charge in [-0.25, -0.2) is 4.79 Å². The molecule has 10 heteroatoms. The van der Waals surface area contributed by atoms with E-state index in [0.717, 1.165) is 16.7 Å². The molecule has 0 aliphatic carbocycles. The van der Waals surface area contributed by atoms with Gasteiger partial charge in [0.05, 0.1) is 26.9 Å². The maximum Gasteiger partial charge on any atom is 0.330 e. The van der Waals surface area contributed by atoms with Gasteiger partial charge in [-0.1, -0.05) is 54.6 Å². The molecule has 0 radical (unpaired) electrons. The highest BCUT2D eigenvalue weighted by atomic mass is 16.6. The Bertz CT molecular complexity index is 1630. The molecule has 0 saturated carbocycles. The lowest BCUT2D eigenvalue weighted by molar-refractivity contribution is -0.116. The minimum atomic E-state index is -1.12. The summed E-state index contributed by atoms with van der Waals surface area (Å²) in [6.07, 6.45) is -0.713. The average Bonchev–Trinajstić information content (AvgIpc) is 3.41. The van der Waals surface area contributed by atoms with Gasteiger partial charge < -0.3 is 28.8 Å². The monoisotopic (exact) mass is 600 g/mol. The van der Waals surface area contributed by atoms with E-state index in [-0.39, 0.29) is 31.7 Å². The first-order valence-electron chi connectivity index (χ1n) is 14.4. The number of aromatic nitrogens is 2. The predicted octanol–water partition coefficient (Wildman–Crippen LogP) is 3.73. The summed E-state index contributed by atoms with van der Waals surface area (Å²) >= 11 is 0. The van der Waals surface area contributed by atoms with Gasteiger partial charge in [-0.3, -0.25) is 14.3 Å². The maximum atomic E-state index is 12.7. The number of hydrogen-bond acceptors (Lipinski definition) is 8. The van der Waals surface area contributed by atoms with E-state index in [4.69, 9.17) is 18.9 Å². The molecule has 44 heavy (non-hydrogen) atoms. The van der Waals surface area contributed by atoms with Crippen molar-refractivity contribution in [1.29, 1.82) is 0 Å². The molecule has 3 aromatic carbocycles. The minimum Gasteiger partial charge on any atom is -0.497 e. The Morgan fingerprint density at radius 3 is 2.05 bits per heavy atom. The van der Waals surface area contributed by atoms with Crippen molar-refractivity contribution in [3.8, 4) is 11.5 Å². The Hall–Kier alpha value is -4.51. The average molecular weight is 601 g/mol. The zero-order valence-electron chi connectivity index (χ0n) is 24.9. The van der Waals surface area contributed by atoms with E-state index in [1.165, 1.54) is 17.7 Å². The highest BCUT2D eigenvalue weighted by molar-refractivity contribution is 5.75. The largest absolute Gasteiger partial charge is 0.497 e. The van der Waals surface area contributed by atoms with Crippen LogP contribution in [-0.2, 0) is 26.3 Å². The van der Waals surface area contributed by atoms with Crippen molar-refractivity contribution in [1.82, 2.24) is 9.55 Å². The lowest BCUT2D eigenvalue weighted by atomic mass is 9.80. The van der Waals surface area contributed by atoms with E-state index >= 15 is 0 Å². The standard InChI is InChI=1S/C34H36N2O8/c1-22(37)9-10-23-20-36(33(40)35-32(23)39)31-19-29(38)30(44-31)21-43-34(24-7-5-4-6-8-24,25-11-15-27(41-2)16-12-25)26-13-17-28(42-3)18-14-26/h4-8,11-18,20,29-31,38H,9-10,19,21H2,1-3H3,(H,35,39,40)/t29-,30+,31+/m0/s1. The summed E-state index contributed by atoms with van der Waals surface area (Å²) in [5, 5.41) is 11.1. The number of ketones is 1. The molecule has 1 saturated heterocycles. The van der Waals surface area contributed by atoms with Gasteiger partial charge in [0.1, 0.15) is 35.2 Å². The Kier molecular flexibility index (Phi) is 9.43. The van der Waals surface area contributed by atoms with E-state index in [1.807, 2.05) is 78.9 Å². The molecule has 0 spiro atoms. The van der Waals surface area contributed by atoms with E-state index in [1.54, 1.807) is 14.2 Å². The highest BCUT2D eigenvalue weighted by Gasteiger charge is 2.42. The van der Waals surface area contributed by atoms with Crippen LogP contribution in [0.2, 0.25) is 0 Å². The SMILES string of the molecule is COc1ccc(C(OC[C@H]2O[C@@H](n3cc(CCC(C)=O)c(=O)[nH]c3=O)C[C@@H]2O)(c2ccccc2)c2ccc(OC)cc2)cc1. The van der Waals surface area contributed by atoms with Crippen molar-refractivity contribution in [2.45, 2.75) is 50.2 Å². The van der Waals surface area contributed by atoms with Crippen LogP contribution >= 0.6 is 0 Å². The lowest BCUT2D eigenvalue weighted by Crippen LogP contribution is -2.38. The zero-order chi connectivity index (χ0) is 31.3. The smallest absolute Gasteiger partial charge is 0.330 e. The minimum absolute atomic E-state index is 0.0279. The summed E-state index contributed by atoms with van der Waals surface area (Å²) in [4.78, 5) is 38.9. The first-order valence-corrected chi connectivity index (χ1v) is 14.4. The molecule has 1 aliphatic heterocycles. The first kappa shape index (κ1) is 30.9. The fraction of sp³-hybridized carbons (Fsp3) is 0.324. The predicted molar refractivity (Wildman–Crippen MR) is 163 cm³/mol. The van der Waals surface area contributed by atoms with Crippen molar-refractivity contribution in [2.24, 2.45) is 0 Å². The number of rotatable bonds is 12. The van der Waals surface area contributed by atoms with Gasteiger partial charge in [-0.2, -0.15) is 0 Å². The molecule has 1 fully saturated rings. The molecular weight excluding hydrogens is 564 g/mol. The lowest BCUT2D eigenvalue weighted by Gasteiger charge is -2.37. The summed E-state index contributed by atoms with van der Waals surface area (Å²) < 4.78 is 25.1. The van der Waals surface area contributed by atoms with Crippen molar-refractivity contribution in [3.63, 3.8) is 0 Å². The molecule has 1 aromatic heterocycles. The van der Waals surface area contributed by atoms with Crippen molar-refractivity contribution >= 4 is 5.78 Å². The van der Waals surface area contributed by atoms with Gasteiger partial charge >= 0.3 is 5.69 Å². The molecule has 4 aromatic rings. The number of aromatic amines is 1. The van der Waals surface area contributed by atoms with Gasteiger partial charge in [0.2, 0.25) is 0 Å². The number of benzene rings is 3. The molecule has 1 aliphatic rings. The maximum absolute atomic E-state index is 12.7. The number of H-pyrrole nitrogens is 1. The molecule has 0 amide bonds. The topological polar surface area (TPSA) is 129 Å². The number of Topliss-reactive ketones (excluding diaryl/α,β-unsaturated/α-hetero) is 1. The number of hydrogen-bond donors (Lipinski definition) is 2. The third kappa shape index (κ3) is 6.37. The van der Waals surface area contributed by atoms with Gasteiger partial charge in [0.25, 0.3) is 5.56 Å². The van der Waals surface area contributed by atoms with Crippen LogP contribution in [0.5, 0.6) is 11.5 Å². The number of aryl methyl sites for hydroxylation is 1. The van der Waals surface area contributed by atoms with Crippen LogP contribution in [0.25, 0.3) is 0 Å². The number of methoxy groups -OCH3 is 2. The summed E-state index contributed by atoms with van der Waals surface area (Å²) in [6.45, 7) is 1.42. The Balaban J connectivity index is 1.49. The van der Waals surface area contributed by atoms with Gasteiger partial charge in [0.15, 0.2) is 0 Å². The number of carbonyl (C=O) groups excluding carboxylic acids is 1. The molecule has 0 bridgehead atoms. The van der Waals surface area contributed by atoms with Crippen molar-refractivity contribution in [3.05, 3.63) is 128 Å². The second-order valence-corrected chi connectivity index (χ2v) is 10.8. The van der Waals surface area contributed by atoms with Crippen LogP contribution < -0.4 is 20.7 Å². The van der Waals surface area contributed by atoms with E-state index in [2.05, 4.69) is 4.98 Å². The number of aliphatic hydroxyl groups excluding tert-OH is 1. The zero-order valence-corrected chi connectivity index (χ0v) is 24.9. The van der Waals surface area contributed by atoms with Crippen LogP contribution in [0.15, 0.2) is 94.6 Å². The van der Waals surface area contributed by atoms with E-state index in [0.29, 0.717) is 17.1 Å². The summed E-state index contributed by atoms with van der Waals surface area (Å²) in [5.74, 6) is 1.32. The van der Waals surface area contributed by atoms with Crippen LogP contribution in [0.4, 0.5) is 0 Å². The number of carbonyl (C=O) groups is 1. The Morgan fingerprint density at radius 1 is 0.932 bits per heavy atom. The van der Waals surface area contributed by atoms with Gasteiger partial charge in [0, 0.05) is 24.6 Å². The molecule has 5 rings (SSSR count). The number of ether oxygens (including phenoxy) is 4. The van der Waals surface area contributed by atoms with E-state index < -0.39 is 35.3 Å².